The van der Waals surface area contributed by atoms with E-state index in [1.165, 1.54) is 10.8 Å². The molecule has 2 aromatic heterocycles. The number of rotatable bonds is 2. The molecule has 0 spiro atoms. The standard InChI is InChI=1S/C15H13BrN2O3S.Na.H/c1-10-3-5-11(6-4-10)22(20,21)18-8-7-12-13(16)9-17(2)15(19)14(12)18;;/h3-9H,1-2H3;;. The van der Waals surface area contributed by atoms with Gasteiger partial charge in [-0.1, -0.05) is 17.7 Å². The van der Waals surface area contributed by atoms with Gasteiger partial charge in [0, 0.05) is 29.3 Å². The molecule has 0 fully saturated rings. The molecule has 23 heavy (non-hydrogen) atoms. The average Bonchev–Trinajstić information content (AvgIpc) is 2.91. The molecule has 0 aliphatic carbocycles. The predicted molar refractivity (Wildman–Crippen MR) is 95.8 cm³/mol. The SMILES string of the molecule is Cc1ccc(S(=O)(=O)n2ccc3c(Br)cn(C)c(=O)c32)cc1.[NaH]. The van der Waals surface area contributed by atoms with E-state index in [4.69, 9.17) is 0 Å². The first kappa shape index (κ1) is 18.5. The Morgan fingerprint density at radius 3 is 2.30 bits per heavy atom. The molecule has 0 unspecified atom stereocenters. The maximum atomic E-state index is 12.8. The van der Waals surface area contributed by atoms with Gasteiger partial charge >= 0.3 is 29.6 Å². The van der Waals surface area contributed by atoms with Crippen LogP contribution in [-0.4, -0.2) is 46.5 Å². The Balaban J connectivity index is 0.00000192. The third-order valence-corrected chi connectivity index (χ3v) is 5.84. The molecule has 3 aromatic rings. The van der Waals surface area contributed by atoms with Crippen molar-refractivity contribution < 1.29 is 8.42 Å². The minimum atomic E-state index is -3.81. The van der Waals surface area contributed by atoms with Crippen molar-refractivity contribution in [2.75, 3.05) is 0 Å². The van der Waals surface area contributed by atoms with Crippen molar-refractivity contribution in [2.45, 2.75) is 11.8 Å². The summed E-state index contributed by atoms with van der Waals surface area (Å²) in [5.74, 6) is 0. The molecular formula is C15H14BrN2NaO3S. The summed E-state index contributed by atoms with van der Waals surface area (Å²) >= 11 is 3.36. The van der Waals surface area contributed by atoms with Crippen molar-refractivity contribution in [3.63, 3.8) is 0 Å². The van der Waals surface area contributed by atoms with Crippen molar-refractivity contribution in [3.8, 4) is 0 Å². The number of nitrogens with zero attached hydrogens (tertiary/aromatic N) is 2. The Labute approximate surface area is 164 Å². The van der Waals surface area contributed by atoms with Crippen LogP contribution in [0, 0.1) is 6.92 Å². The van der Waals surface area contributed by atoms with Crippen LogP contribution in [0.1, 0.15) is 5.56 Å². The van der Waals surface area contributed by atoms with Gasteiger partial charge in [-0.25, -0.2) is 12.4 Å². The van der Waals surface area contributed by atoms with Crippen LogP contribution in [0.5, 0.6) is 0 Å². The molecule has 0 amide bonds. The molecule has 0 aliphatic heterocycles. The van der Waals surface area contributed by atoms with Crippen LogP contribution in [0.15, 0.2) is 56.9 Å². The number of halogens is 1. The molecular weight excluding hydrogens is 391 g/mol. The number of aromatic nitrogens is 2. The fourth-order valence-electron chi connectivity index (χ4n) is 2.31. The van der Waals surface area contributed by atoms with Crippen molar-refractivity contribution in [1.82, 2.24) is 8.54 Å². The Bertz CT molecular complexity index is 1040. The molecule has 116 valence electrons. The van der Waals surface area contributed by atoms with E-state index in [2.05, 4.69) is 15.9 Å². The van der Waals surface area contributed by atoms with Crippen molar-refractivity contribution in [1.29, 1.82) is 0 Å². The van der Waals surface area contributed by atoms with E-state index in [1.54, 1.807) is 43.6 Å². The van der Waals surface area contributed by atoms with Gasteiger partial charge in [0.05, 0.1) is 4.90 Å². The summed E-state index contributed by atoms with van der Waals surface area (Å²) in [5.41, 5.74) is 0.742. The zero-order valence-corrected chi connectivity index (χ0v) is 14.3. The number of hydrogen-bond acceptors (Lipinski definition) is 3. The molecule has 0 saturated heterocycles. The fraction of sp³-hybridized carbons (Fsp3) is 0.133. The topological polar surface area (TPSA) is 61.1 Å². The zero-order valence-electron chi connectivity index (χ0n) is 11.9. The molecule has 0 aliphatic rings. The van der Waals surface area contributed by atoms with Gasteiger partial charge in [0.25, 0.3) is 15.6 Å². The Morgan fingerprint density at radius 2 is 1.70 bits per heavy atom. The molecule has 2 heterocycles. The van der Waals surface area contributed by atoms with E-state index in [0.29, 0.717) is 9.86 Å². The fourth-order valence-corrected chi connectivity index (χ4v) is 4.28. The van der Waals surface area contributed by atoms with Crippen LogP contribution in [0.3, 0.4) is 0 Å². The summed E-state index contributed by atoms with van der Waals surface area (Å²) in [6, 6.07) is 8.16. The summed E-state index contributed by atoms with van der Waals surface area (Å²) in [6.45, 7) is 1.88. The van der Waals surface area contributed by atoms with Crippen molar-refractivity contribution in [2.24, 2.45) is 7.05 Å². The molecule has 8 heteroatoms. The van der Waals surface area contributed by atoms with Crippen molar-refractivity contribution in [3.05, 3.63) is 63.1 Å². The summed E-state index contributed by atoms with van der Waals surface area (Å²) in [7, 11) is -2.23. The van der Waals surface area contributed by atoms with Crippen LogP contribution >= 0.6 is 15.9 Å². The number of pyridine rings is 1. The summed E-state index contributed by atoms with van der Waals surface area (Å²) in [4.78, 5) is 12.5. The predicted octanol–water partition coefficient (Wildman–Crippen LogP) is 2.00. The third kappa shape index (κ3) is 3.08. The minimum absolute atomic E-state index is 0. The number of fused-ring (bicyclic) bond motifs is 1. The number of hydrogen-bond donors (Lipinski definition) is 0. The van der Waals surface area contributed by atoms with Gasteiger partial charge in [-0.3, -0.25) is 4.79 Å². The van der Waals surface area contributed by atoms with Gasteiger partial charge in [0.15, 0.2) is 0 Å². The Kier molecular flexibility index (Phi) is 5.27. The van der Waals surface area contributed by atoms with E-state index in [9.17, 15) is 13.2 Å². The number of aryl methyl sites for hydroxylation is 2. The molecule has 0 N–H and O–H groups in total. The Hall–Kier alpha value is -0.860. The molecule has 0 radical (unpaired) electrons. The van der Waals surface area contributed by atoms with Gasteiger partial charge in [0.1, 0.15) is 5.52 Å². The molecule has 5 nitrogen and oxygen atoms in total. The van der Waals surface area contributed by atoms with Gasteiger partial charge in [0.2, 0.25) is 0 Å². The number of benzene rings is 1. The molecule has 0 saturated carbocycles. The summed E-state index contributed by atoms with van der Waals surface area (Å²) in [5, 5.41) is 0.568. The second-order valence-corrected chi connectivity index (χ2v) is 7.75. The van der Waals surface area contributed by atoms with Gasteiger partial charge < -0.3 is 4.57 Å². The van der Waals surface area contributed by atoms with Crippen molar-refractivity contribution >= 4 is 66.4 Å². The normalized spacial score (nSPS) is 11.4. The van der Waals surface area contributed by atoms with E-state index >= 15 is 0 Å². The summed E-state index contributed by atoms with van der Waals surface area (Å²) < 4.78 is 28.7. The van der Waals surface area contributed by atoms with E-state index in [-0.39, 0.29) is 45.5 Å². The zero-order chi connectivity index (χ0) is 16.1. The van der Waals surface area contributed by atoms with E-state index in [1.807, 2.05) is 6.92 Å². The quantitative estimate of drug-likeness (QED) is 0.613. The molecule has 1 aromatic carbocycles. The van der Waals surface area contributed by atoms with Crippen LogP contribution in [0.25, 0.3) is 10.9 Å². The van der Waals surface area contributed by atoms with E-state index < -0.39 is 10.0 Å². The van der Waals surface area contributed by atoms with Gasteiger partial charge in [-0.2, -0.15) is 0 Å². The summed E-state index contributed by atoms with van der Waals surface area (Å²) in [6.07, 6.45) is 3.03. The van der Waals surface area contributed by atoms with Crippen LogP contribution in [0.2, 0.25) is 0 Å². The van der Waals surface area contributed by atoms with Gasteiger partial charge in [-0.05, 0) is 41.1 Å². The second-order valence-electron chi connectivity index (χ2n) is 5.09. The van der Waals surface area contributed by atoms with E-state index in [0.717, 1.165) is 9.54 Å². The monoisotopic (exact) mass is 404 g/mol. The van der Waals surface area contributed by atoms with Gasteiger partial charge in [-0.15, -0.1) is 0 Å². The Morgan fingerprint density at radius 1 is 1.09 bits per heavy atom. The first-order chi connectivity index (χ1) is 10.3. The third-order valence-electron chi connectivity index (χ3n) is 3.52. The van der Waals surface area contributed by atoms with Crippen LogP contribution in [-0.2, 0) is 17.1 Å². The average molecular weight is 405 g/mol. The second kappa shape index (κ2) is 6.57. The van der Waals surface area contributed by atoms with Crippen LogP contribution in [0.4, 0.5) is 0 Å². The molecule has 3 rings (SSSR count). The first-order valence-corrected chi connectivity index (χ1v) is 8.74. The first-order valence-electron chi connectivity index (χ1n) is 6.51. The van der Waals surface area contributed by atoms with Crippen LogP contribution < -0.4 is 5.56 Å². The molecule has 0 bridgehead atoms. The molecule has 0 atom stereocenters. The maximum absolute atomic E-state index is 12.8.